The van der Waals surface area contributed by atoms with E-state index in [1.165, 1.54) is 0 Å². The summed E-state index contributed by atoms with van der Waals surface area (Å²) < 4.78 is 5.84. The third-order valence-corrected chi connectivity index (χ3v) is 4.27. The van der Waals surface area contributed by atoms with Gasteiger partial charge in [0, 0.05) is 44.3 Å². The number of nitrogens with zero attached hydrogens (tertiary/aromatic N) is 1. The number of hydrogen-bond donors (Lipinski definition) is 4. The van der Waals surface area contributed by atoms with Gasteiger partial charge in [-0.05, 0) is 25.0 Å². The van der Waals surface area contributed by atoms with Crippen molar-refractivity contribution in [3.05, 3.63) is 30.3 Å². The minimum absolute atomic E-state index is 0.0344. The van der Waals surface area contributed by atoms with Crippen LogP contribution in [0.15, 0.2) is 30.3 Å². The van der Waals surface area contributed by atoms with Crippen LogP contribution in [-0.2, 0) is 19.1 Å². The molecule has 0 spiro atoms. The quantitative estimate of drug-likeness (QED) is 0.463. The molecule has 1 aromatic carbocycles. The Morgan fingerprint density at radius 1 is 1.13 bits per heavy atom. The smallest absolute Gasteiger partial charge is 0.414 e. The number of rotatable bonds is 8. The van der Waals surface area contributed by atoms with Crippen molar-refractivity contribution < 1.29 is 29.3 Å². The highest BCUT2D eigenvalue weighted by Crippen LogP contribution is 2.09. The van der Waals surface area contributed by atoms with Crippen LogP contribution in [0.2, 0.25) is 0 Å². The third kappa shape index (κ3) is 11.5. The van der Waals surface area contributed by atoms with Crippen molar-refractivity contribution >= 4 is 23.5 Å². The second-order valence-corrected chi connectivity index (χ2v) is 7.68. The average molecular weight is 424 g/mol. The van der Waals surface area contributed by atoms with Crippen molar-refractivity contribution in [1.29, 1.82) is 0 Å². The minimum Gasteiger partial charge on any atom is -0.473 e. The fourth-order valence-electron chi connectivity index (χ4n) is 3.00. The van der Waals surface area contributed by atoms with Gasteiger partial charge in [-0.3, -0.25) is 9.69 Å². The Balaban J connectivity index is 0.000000656. The maximum absolute atomic E-state index is 12.1. The number of carbonyl (C=O) groups is 3. The molecule has 2 rings (SSSR count). The summed E-state index contributed by atoms with van der Waals surface area (Å²) in [6.45, 7) is 11.2. The standard InChI is InChI=1S/C19H31N3O2.C2H2O4/c1-15(2)13-22-9-10-24-18(14-22)12-20-16(3)11-19(23)21-17-7-5-4-6-8-17;3-1(4)2(5)6/h4-8,15-16,18,20H,9-14H2,1-3H3,(H,21,23);(H,3,4)(H,5,6). The average Bonchev–Trinajstić information content (AvgIpc) is 2.67. The van der Waals surface area contributed by atoms with Crippen LogP contribution in [0, 0.1) is 5.92 Å². The zero-order chi connectivity index (χ0) is 22.5. The number of nitrogens with one attached hydrogen (secondary N) is 2. The van der Waals surface area contributed by atoms with Crippen LogP contribution >= 0.6 is 0 Å². The molecule has 2 atom stereocenters. The zero-order valence-corrected chi connectivity index (χ0v) is 17.8. The Morgan fingerprint density at radius 3 is 2.33 bits per heavy atom. The molecular weight excluding hydrogens is 390 g/mol. The maximum Gasteiger partial charge on any atom is 0.414 e. The van der Waals surface area contributed by atoms with E-state index in [1.54, 1.807) is 0 Å². The first-order valence-electron chi connectivity index (χ1n) is 10.1. The number of anilines is 1. The molecule has 1 amide bonds. The minimum atomic E-state index is -1.82. The van der Waals surface area contributed by atoms with Gasteiger partial charge >= 0.3 is 11.9 Å². The molecule has 0 radical (unpaired) electrons. The summed E-state index contributed by atoms with van der Waals surface area (Å²) in [5.74, 6) is -2.94. The molecule has 2 unspecified atom stereocenters. The van der Waals surface area contributed by atoms with Gasteiger partial charge in [-0.15, -0.1) is 0 Å². The molecule has 4 N–H and O–H groups in total. The first kappa shape index (κ1) is 25.5. The van der Waals surface area contributed by atoms with Crippen LogP contribution in [0.1, 0.15) is 27.2 Å². The third-order valence-electron chi connectivity index (χ3n) is 4.27. The molecule has 168 valence electrons. The van der Waals surface area contributed by atoms with Crippen molar-refractivity contribution in [3.63, 3.8) is 0 Å². The topological polar surface area (TPSA) is 128 Å². The number of hydrogen-bond acceptors (Lipinski definition) is 6. The Hall–Kier alpha value is -2.49. The molecule has 1 heterocycles. The monoisotopic (exact) mass is 423 g/mol. The number of carbonyl (C=O) groups excluding carboxylic acids is 1. The highest BCUT2D eigenvalue weighted by molar-refractivity contribution is 6.27. The number of carboxylic acids is 2. The van der Waals surface area contributed by atoms with Crippen LogP contribution in [0.5, 0.6) is 0 Å². The first-order chi connectivity index (χ1) is 14.2. The van der Waals surface area contributed by atoms with Gasteiger partial charge in [0.15, 0.2) is 0 Å². The molecule has 9 nitrogen and oxygen atoms in total. The van der Waals surface area contributed by atoms with E-state index in [0.717, 1.165) is 38.5 Å². The lowest BCUT2D eigenvalue weighted by Crippen LogP contribution is -2.49. The molecule has 0 saturated carbocycles. The molecular formula is C21H33N3O6. The van der Waals surface area contributed by atoms with E-state index in [1.807, 2.05) is 37.3 Å². The molecule has 0 bridgehead atoms. The molecule has 30 heavy (non-hydrogen) atoms. The summed E-state index contributed by atoms with van der Waals surface area (Å²) in [4.78, 5) is 32.7. The van der Waals surface area contributed by atoms with Gasteiger partial charge in [0.2, 0.25) is 5.91 Å². The first-order valence-corrected chi connectivity index (χ1v) is 10.1. The Bertz CT molecular complexity index is 656. The van der Waals surface area contributed by atoms with Crippen molar-refractivity contribution in [2.45, 2.75) is 39.3 Å². The van der Waals surface area contributed by atoms with E-state index < -0.39 is 11.9 Å². The van der Waals surface area contributed by atoms with Gasteiger partial charge in [-0.1, -0.05) is 32.0 Å². The van der Waals surface area contributed by atoms with E-state index in [9.17, 15) is 4.79 Å². The van der Waals surface area contributed by atoms with Crippen molar-refractivity contribution in [2.24, 2.45) is 5.92 Å². The molecule has 1 aliphatic rings. The lowest BCUT2D eigenvalue weighted by atomic mass is 10.1. The summed E-state index contributed by atoms with van der Waals surface area (Å²) in [6, 6.07) is 9.69. The second kappa shape index (κ2) is 13.7. The van der Waals surface area contributed by atoms with Crippen molar-refractivity contribution in [3.8, 4) is 0 Å². The summed E-state index contributed by atoms with van der Waals surface area (Å²) in [5, 5.41) is 21.1. The van der Waals surface area contributed by atoms with E-state index in [4.69, 9.17) is 24.5 Å². The predicted octanol–water partition coefficient (Wildman–Crippen LogP) is 1.51. The van der Waals surface area contributed by atoms with E-state index >= 15 is 0 Å². The van der Waals surface area contributed by atoms with Crippen molar-refractivity contribution in [2.75, 3.05) is 38.1 Å². The van der Waals surface area contributed by atoms with E-state index in [-0.39, 0.29) is 18.1 Å². The number of aliphatic carboxylic acids is 2. The summed E-state index contributed by atoms with van der Waals surface area (Å²) in [6.07, 6.45) is 0.661. The second-order valence-electron chi connectivity index (χ2n) is 7.68. The summed E-state index contributed by atoms with van der Waals surface area (Å²) in [7, 11) is 0. The molecule has 1 fully saturated rings. The van der Waals surface area contributed by atoms with Crippen LogP contribution in [0.3, 0.4) is 0 Å². The SMILES string of the molecule is CC(C)CN1CCOC(CNC(C)CC(=O)Nc2ccccc2)C1.O=C(O)C(=O)O. The van der Waals surface area contributed by atoms with Crippen LogP contribution in [0.25, 0.3) is 0 Å². The normalized spacial score (nSPS) is 17.5. The number of benzene rings is 1. The molecule has 0 aromatic heterocycles. The van der Waals surface area contributed by atoms with Gasteiger partial charge in [0.1, 0.15) is 0 Å². The summed E-state index contributed by atoms with van der Waals surface area (Å²) >= 11 is 0. The van der Waals surface area contributed by atoms with Crippen LogP contribution in [-0.4, -0.2) is 77.9 Å². The lowest BCUT2D eigenvalue weighted by Gasteiger charge is -2.34. The highest BCUT2D eigenvalue weighted by Gasteiger charge is 2.21. The predicted molar refractivity (Wildman–Crippen MR) is 113 cm³/mol. The fraction of sp³-hybridized carbons (Fsp3) is 0.571. The molecule has 0 aliphatic carbocycles. The number of carboxylic acid groups (broad SMARTS) is 2. The molecule has 1 saturated heterocycles. The Kier molecular flexibility index (Phi) is 11.7. The number of amides is 1. The van der Waals surface area contributed by atoms with Crippen molar-refractivity contribution in [1.82, 2.24) is 10.2 Å². The number of para-hydroxylation sites is 1. The lowest BCUT2D eigenvalue weighted by molar-refractivity contribution is -0.159. The van der Waals surface area contributed by atoms with E-state index in [2.05, 4.69) is 29.4 Å². The number of ether oxygens (including phenoxy) is 1. The number of morpholine rings is 1. The van der Waals surface area contributed by atoms with Gasteiger partial charge in [0.05, 0.1) is 12.7 Å². The van der Waals surface area contributed by atoms with Gasteiger partial charge in [-0.25, -0.2) is 9.59 Å². The van der Waals surface area contributed by atoms with Gasteiger partial charge < -0.3 is 25.6 Å². The zero-order valence-electron chi connectivity index (χ0n) is 17.8. The molecule has 1 aliphatic heterocycles. The maximum atomic E-state index is 12.1. The fourth-order valence-corrected chi connectivity index (χ4v) is 3.00. The summed E-state index contributed by atoms with van der Waals surface area (Å²) in [5.41, 5.74) is 0.842. The van der Waals surface area contributed by atoms with E-state index in [0.29, 0.717) is 12.3 Å². The largest absolute Gasteiger partial charge is 0.473 e. The van der Waals surface area contributed by atoms with Gasteiger partial charge in [-0.2, -0.15) is 0 Å². The van der Waals surface area contributed by atoms with Crippen LogP contribution < -0.4 is 10.6 Å². The highest BCUT2D eigenvalue weighted by atomic mass is 16.5. The van der Waals surface area contributed by atoms with Crippen LogP contribution in [0.4, 0.5) is 5.69 Å². The molecule has 1 aromatic rings. The van der Waals surface area contributed by atoms with Gasteiger partial charge in [0.25, 0.3) is 0 Å². The molecule has 9 heteroatoms. The Morgan fingerprint density at radius 2 is 1.77 bits per heavy atom. The Labute approximate surface area is 177 Å².